The summed E-state index contributed by atoms with van der Waals surface area (Å²) < 4.78 is 0. The van der Waals surface area contributed by atoms with Gasteiger partial charge in [0.25, 0.3) is 0 Å². The molecule has 2 rings (SSSR count). The molecule has 0 heteroatoms. The van der Waals surface area contributed by atoms with Crippen molar-refractivity contribution in [2.45, 2.75) is 72.6 Å². The highest BCUT2D eigenvalue weighted by Gasteiger charge is 2.51. The van der Waals surface area contributed by atoms with Gasteiger partial charge in [0.05, 0.1) is 0 Å². The molecule has 0 radical (unpaired) electrons. The summed E-state index contributed by atoms with van der Waals surface area (Å²) in [6.45, 7) is 10.0. The molecule has 0 N–H and O–H groups in total. The van der Waals surface area contributed by atoms with Crippen LogP contribution in [0.3, 0.4) is 0 Å². The Balaban J connectivity index is 2.24. The van der Waals surface area contributed by atoms with Gasteiger partial charge in [-0.3, -0.25) is 0 Å². The van der Waals surface area contributed by atoms with Crippen LogP contribution in [0, 0.1) is 16.2 Å². The third-order valence-electron chi connectivity index (χ3n) is 5.39. The molecule has 0 aromatic rings. The molecule has 0 nitrogen and oxygen atoms in total. The zero-order valence-corrected chi connectivity index (χ0v) is 10.4. The van der Waals surface area contributed by atoms with Crippen molar-refractivity contribution in [3.63, 3.8) is 0 Å². The smallest absolute Gasteiger partial charge is 0.0267 e. The first kappa shape index (κ1) is 10.5. The molecule has 0 aromatic heterocycles. The molecule has 82 valence electrons. The Bertz CT molecular complexity index is 228. The topological polar surface area (TPSA) is 0 Å². The molecule has 0 aromatic carbocycles. The van der Waals surface area contributed by atoms with E-state index in [1.165, 1.54) is 44.9 Å². The summed E-state index contributed by atoms with van der Waals surface area (Å²) in [7, 11) is 0. The van der Waals surface area contributed by atoms with E-state index in [0.29, 0.717) is 16.2 Å². The van der Waals surface area contributed by atoms with Crippen molar-refractivity contribution in [2.24, 2.45) is 16.2 Å². The second kappa shape index (κ2) is 3.00. The lowest BCUT2D eigenvalue weighted by atomic mass is 9.47. The lowest BCUT2D eigenvalue weighted by Gasteiger charge is -2.58. The van der Waals surface area contributed by atoms with Crippen LogP contribution in [0.4, 0.5) is 0 Å². The van der Waals surface area contributed by atoms with E-state index in [9.17, 15) is 0 Å². The monoisotopic (exact) mass is 194 g/mol. The molecule has 0 heterocycles. The summed E-state index contributed by atoms with van der Waals surface area (Å²) in [6.07, 6.45) is 10.3. The van der Waals surface area contributed by atoms with Gasteiger partial charge in [-0.2, -0.15) is 0 Å². The first-order chi connectivity index (χ1) is 6.37. The zero-order chi connectivity index (χ0) is 10.4. The molecule has 2 saturated carbocycles. The normalized spacial score (nSPS) is 47.1. The van der Waals surface area contributed by atoms with Gasteiger partial charge in [-0.1, -0.05) is 40.5 Å². The average molecular weight is 194 g/mol. The highest BCUT2D eigenvalue weighted by molar-refractivity contribution is 5.02. The fraction of sp³-hybridized carbons (Fsp3) is 1.00. The maximum Gasteiger partial charge on any atom is -0.0267 e. The molecule has 2 fully saturated rings. The van der Waals surface area contributed by atoms with E-state index in [-0.39, 0.29) is 0 Å². The Morgan fingerprint density at radius 2 is 1.21 bits per heavy atom. The van der Waals surface area contributed by atoms with Gasteiger partial charge in [0.2, 0.25) is 0 Å². The molecule has 2 aliphatic carbocycles. The number of hydrogen-bond acceptors (Lipinski definition) is 0. The van der Waals surface area contributed by atoms with E-state index >= 15 is 0 Å². The fourth-order valence-electron chi connectivity index (χ4n) is 4.12. The highest BCUT2D eigenvalue weighted by Crippen LogP contribution is 2.62. The van der Waals surface area contributed by atoms with E-state index in [1.807, 2.05) is 0 Å². The molecule has 2 aliphatic rings. The van der Waals surface area contributed by atoms with E-state index in [2.05, 4.69) is 27.7 Å². The highest BCUT2D eigenvalue weighted by atomic mass is 14.6. The van der Waals surface area contributed by atoms with Crippen molar-refractivity contribution in [3.05, 3.63) is 0 Å². The van der Waals surface area contributed by atoms with Crippen LogP contribution in [0.2, 0.25) is 0 Å². The Kier molecular flexibility index (Phi) is 2.25. The van der Waals surface area contributed by atoms with Crippen LogP contribution in [0.15, 0.2) is 0 Å². The van der Waals surface area contributed by atoms with Crippen molar-refractivity contribution in [1.82, 2.24) is 0 Å². The first-order valence-electron chi connectivity index (χ1n) is 6.37. The predicted molar refractivity (Wildman–Crippen MR) is 62.3 cm³/mol. The molecule has 0 spiro atoms. The zero-order valence-electron chi connectivity index (χ0n) is 10.4. The molecule has 0 unspecified atom stereocenters. The van der Waals surface area contributed by atoms with Crippen molar-refractivity contribution in [1.29, 1.82) is 0 Å². The summed E-state index contributed by atoms with van der Waals surface area (Å²) in [5.74, 6) is 0. The van der Waals surface area contributed by atoms with Crippen molar-refractivity contribution in [2.75, 3.05) is 0 Å². The third-order valence-corrected chi connectivity index (χ3v) is 5.39. The maximum atomic E-state index is 2.56. The summed E-state index contributed by atoms with van der Waals surface area (Å²) in [4.78, 5) is 0. The van der Waals surface area contributed by atoms with Gasteiger partial charge in [0.15, 0.2) is 0 Å². The van der Waals surface area contributed by atoms with Crippen LogP contribution >= 0.6 is 0 Å². The first-order valence-corrected chi connectivity index (χ1v) is 6.37. The minimum absolute atomic E-state index is 0.603. The predicted octanol–water partition coefficient (Wildman–Crippen LogP) is 4.78. The SMILES string of the molecule is CC1(C)CC[C@]2(C)CCCC[C@]2(C)C1. The molecule has 0 aliphatic heterocycles. The number of hydrogen-bond donors (Lipinski definition) is 0. The van der Waals surface area contributed by atoms with E-state index in [4.69, 9.17) is 0 Å². The lowest BCUT2D eigenvalue weighted by Crippen LogP contribution is -2.47. The minimum Gasteiger partial charge on any atom is -0.0599 e. The largest absolute Gasteiger partial charge is 0.0599 e. The molecule has 14 heavy (non-hydrogen) atoms. The van der Waals surface area contributed by atoms with Crippen LogP contribution in [-0.4, -0.2) is 0 Å². The van der Waals surface area contributed by atoms with Crippen LogP contribution in [0.1, 0.15) is 72.6 Å². The van der Waals surface area contributed by atoms with Gasteiger partial charge in [0.1, 0.15) is 0 Å². The minimum atomic E-state index is 0.603. The van der Waals surface area contributed by atoms with E-state index < -0.39 is 0 Å². The van der Waals surface area contributed by atoms with Gasteiger partial charge in [0, 0.05) is 0 Å². The molecule has 0 saturated heterocycles. The Hall–Kier alpha value is 0. The molecular formula is C14H26. The second-order valence-electron chi connectivity index (χ2n) is 7.17. The molecular weight excluding hydrogens is 168 g/mol. The van der Waals surface area contributed by atoms with Crippen molar-refractivity contribution < 1.29 is 0 Å². The van der Waals surface area contributed by atoms with Gasteiger partial charge in [-0.15, -0.1) is 0 Å². The number of fused-ring (bicyclic) bond motifs is 1. The number of rotatable bonds is 0. The van der Waals surface area contributed by atoms with Gasteiger partial charge < -0.3 is 0 Å². The van der Waals surface area contributed by atoms with Crippen LogP contribution in [-0.2, 0) is 0 Å². The van der Waals surface area contributed by atoms with E-state index in [1.54, 1.807) is 0 Å². The van der Waals surface area contributed by atoms with Gasteiger partial charge in [-0.05, 0) is 48.3 Å². The van der Waals surface area contributed by atoms with Crippen molar-refractivity contribution >= 4 is 0 Å². The van der Waals surface area contributed by atoms with Gasteiger partial charge in [-0.25, -0.2) is 0 Å². The van der Waals surface area contributed by atoms with E-state index in [0.717, 1.165) is 0 Å². The molecule has 0 bridgehead atoms. The van der Waals surface area contributed by atoms with Crippen LogP contribution < -0.4 is 0 Å². The Morgan fingerprint density at radius 3 is 1.86 bits per heavy atom. The molecule has 2 atom stereocenters. The fourth-order valence-corrected chi connectivity index (χ4v) is 4.12. The lowest BCUT2D eigenvalue weighted by molar-refractivity contribution is -0.0720. The summed E-state index contributed by atoms with van der Waals surface area (Å²) in [5, 5.41) is 0. The van der Waals surface area contributed by atoms with Gasteiger partial charge >= 0.3 is 0 Å². The molecule has 0 amide bonds. The average Bonchev–Trinajstić information content (AvgIpc) is 2.06. The van der Waals surface area contributed by atoms with Crippen LogP contribution in [0.5, 0.6) is 0 Å². The summed E-state index contributed by atoms with van der Waals surface area (Å²) >= 11 is 0. The Labute approximate surface area is 89.5 Å². The third kappa shape index (κ3) is 1.51. The van der Waals surface area contributed by atoms with Crippen molar-refractivity contribution in [3.8, 4) is 0 Å². The maximum absolute atomic E-state index is 2.56. The summed E-state index contributed by atoms with van der Waals surface area (Å²) in [6, 6.07) is 0. The second-order valence-corrected chi connectivity index (χ2v) is 7.17. The quantitative estimate of drug-likeness (QED) is 0.520. The van der Waals surface area contributed by atoms with Crippen LogP contribution in [0.25, 0.3) is 0 Å². The Morgan fingerprint density at radius 1 is 0.643 bits per heavy atom. The summed E-state index contributed by atoms with van der Waals surface area (Å²) in [5.41, 5.74) is 1.92. The standard InChI is InChI=1S/C14H26/c1-12(2)9-10-13(3)7-5-6-8-14(13,4)11-12/h5-11H2,1-4H3/t13-,14+/m0/s1.